The molecule has 1 aromatic heterocycles. The van der Waals surface area contributed by atoms with Crippen molar-refractivity contribution in [3.05, 3.63) is 23.0 Å². The summed E-state index contributed by atoms with van der Waals surface area (Å²) in [6.45, 7) is 6.07. The van der Waals surface area contributed by atoms with Crippen molar-refractivity contribution in [2.24, 2.45) is 0 Å². The molecule has 0 saturated heterocycles. The van der Waals surface area contributed by atoms with Crippen molar-refractivity contribution in [3.63, 3.8) is 0 Å². The van der Waals surface area contributed by atoms with Crippen molar-refractivity contribution in [1.29, 1.82) is 0 Å². The first-order valence-corrected chi connectivity index (χ1v) is 8.03. The van der Waals surface area contributed by atoms with E-state index in [0.29, 0.717) is 22.8 Å². The Labute approximate surface area is 136 Å². The van der Waals surface area contributed by atoms with Crippen molar-refractivity contribution < 1.29 is 9.59 Å². The molecule has 22 heavy (non-hydrogen) atoms. The van der Waals surface area contributed by atoms with Crippen LogP contribution in [0.15, 0.2) is 12.3 Å². The number of rotatable bonds is 9. The Morgan fingerprint density at radius 1 is 1.32 bits per heavy atom. The van der Waals surface area contributed by atoms with Gasteiger partial charge in [0.2, 0.25) is 0 Å². The monoisotopic (exact) mass is 325 g/mol. The van der Waals surface area contributed by atoms with Crippen LogP contribution in [0.5, 0.6) is 0 Å². The van der Waals surface area contributed by atoms with Gasteiger partial charge in [0.05, 0.1) is 17.8 Å². The van der Waals surface area contributed by atoms with Gasteiger partial charge in [-0.1, -0.05) is 31.4 Å². The first-order chi connectivity index (χ1) is 10.4. The fourth-order valence-corrected chi connectivity index (χ4v) is 2.13. The number of carbonyl (C=O) groups excluding carboxylic acids is 2. The molecular formula is C16H24ClN3O2. The zero-order valence-corrected chi connectivity index (χ0v) is 14.2. The molecule has 2 N–H and O–H groups in total. The minimum atomic E-state index is -0.323. The van der Waals surface area contributed by atoms with Gasteiger partial charge in [-0.2, -0.15) is 0 Å². The zero-order chi connectivity index (χ0) is 16.5. The molecule has 0 aliphatic rings. The second-order valence-electron chi connectivity index (χ2n) is 5.53. The predicted octanol–water partition coefficient (Wildman–Crippen LogP) is 3.43. The number of carbonyl (C=O) groups is 2. The van der Waals surface area contributed by atoms with Crippen LogP contribution >= 0.6 is 11.6 Å². The van der Waals surface area contributed by atoms with Gasteiger partial charge < -0.3 is 10.6 Å². The van der Waals surface area contributed by atoms with E-state index < -0.39 is 0 Å². The number of halogens is 1. The first kappa shape index (κ1) is 18.4. The lowest BCUT2D eigenvalue weighted by molar-refractivity contribution is -0.118. The number of Topliss-reactive ketones (excluding diaryl/α,β-unsaturated/α-hetero) is 1. The lowest BCUT2D eigenvalue weighted by Crippen LogP contribution is -2.30. The Kier molecular flexibility index (Phi) is 7.88. The zero-order valence-electron chi connectivity index (χ0n) is 13.4. The van der Waals surface area contributed by atoms with Gasteiger partial charge in [-0.25, -0.2) is 4.98 Å². The maximum atomic E-state index is 12.2. The Morgan fingerprint density at radius 3 is 2.68 bits per heavy atom. The summed E-state index contributed by atoms with van der Waals surface area (Å²) in [7, 11) is 0. The molecule has 1 rings (SSSR count). The van der Waals surface area contributed by atoms with E-state index in [9.17, 15) is 9.59 Å². The summed E-state index contributed by atoms with van der Waals surface area (Å²) in [4.78, 5) is 27.8. The predicted molar refractivity (Wildman–Crippen MR) is 89.5 cm³/mol. The van der Waals surface area contributed by atoms with Gasteiger partial charge in [0.1, 0.15) is 5.15 Å². The maximum Gasteiger partial charge on any atom is 0.255 e. The SMILES string of the molecule is CCCCCC(=O)CNC(=O)c1cnc(Cl)cc1NC(C)C. The fourth-order valence-electron chi connectivity index (χ4n) is 1.98. The van der Waals surface area contributed by atoms with Crippen LogP contribution in [0.25, 0.3) is 0 Å². The molecule has 0 atom stereocenters. The highest BCUT2D eigenvalue weighted by atomic mass is 35.5. The Morgan fingerprint density at radius 2 is 2.05 bits per heavy atom. The van der Waals surface area contributed by atoms with Gasteiger partial charge in [-0.05, 0) is 26.3 Å². The largest absolute Gasteiger partial charge is 0.382 e. The van der Waals surface area contributed by atoms with E-state index in [0.717, 1.165) is 19.3 Å². The van der Waals surface area contributed by atoms with Crippen LogP contribution < -0.4 is 10.6 Å². The molecule has 122 valence electrons. The highest BCUT2D eigenvalue weighted by Gasteiger charge is 2.14. The first-order valence-electron chi connectivity index (χ1n) is 7.66. The Hall–Kier alpha value is -1.62. The quantitative estimate of drug-likeness (QED) is 0.539. The van der Waals surface area contributed by atoms with Gasteiger partial charge >= 0.3 is 0 Å². The maximum absolute atomic E-state index is 12.2. The number of nitrogens with zero attached hydrogens (tertiary/aromatic N) is 1. The van der Waals surface area contributed by atoms with Gasteiger partial charge in [0.15, 0.2) is 5.78 Å². The summed E-state index contributed by atoms with van der Waals surface area (Å²) in [6, 6.07) is 1.76. The summed E-state index contributed by atoms with van der Waals surface area (Å²) >= 11 is 5.87. The van der Waals surface area contributed by atoms with Crippen LogP contribution in [0, 0.1) is 0 Å². The third-order valence-electron chi connectivity index (χ3n) is 3.06. The standard InChI is InChI=1S/C16H24ClN3O2/c1-4-5-6-7-12(21)9-19-16(22)13-10-18-15(17)8-14(13)20-11(2)3/h8,10-11H,4-7,9H2,1-3H3,(H,18,20)(H,19,22). The van der Waals surface area contributed by atoms with Gasteiger partial charge in [-0.15, -0.1) is 0 Å². The van der Waals surface area contributed by atoms with Crippen LogP contribution in [0.3, 0.4) is 0 Å². The molecule has 1 heterocycles. The Balaban J connectivity index is 2.63. The molecular weight excluding hydrogens is 302 g/mol. The number of unbranched alkanes of at least 4 members (excludes halogenated alkanes) is 2. The summed E-state index contributed by atoms with van der Waals surface area (Å²) in [5.74, 6) is -0.279. The van der Waals surface area contributed by atoms with E-state index in [1.54, 1.807) is 6.07 Å². The van der Waals surface area contributed by atoms with E-state index >= 15 is 0 Å². The second-order valence-corrected chi connectivity index (χ2v) is 5.92. The molecule has 0 aliphatic heterocycles. The van der Waals surface area contributed by atoms with Crippen LogP contribution in [-0.4, -0.2) is 29.3 Å². The lowest BCUT2D eigenvalue weighted by atomic mass is 10.1. The molecule has 0 unspecified atom stereocenters. The van der Waals surface area contributed by atoms with Gasteiger partial charge in [0.25, 0.3) is 5.91 Å². The highest BCUT2D eigenvalue weighted by Crippen LogP contribution is 2.19. The number of hydrogen-bond donors (Lipinski definition) is 2. The number of pyridine rings is 1. The highest BCUT2D eigenvalue weighted by molar-refractivity contribution is 6.29. The van der Waals surface area contributed by atoms with Crippen molar-refractivity contribution in [2.75, 3.05) is 11.9 Å². The molecule has 0 bridgehead atoms. The summed E-state index contributed by atoms with van der Waals surface area (Å²) < 4.78 is 0. The van der Waals surface area contributed by atoms with Gasteiger partial charge in [0, 0.05) is 18.7 Å². The van der Waals surface area contributed by atoms with Crippen LogP contribution in [0.1, 0.15) is 56.8 Å². The number of aromatic nitrogens is 1. The smallest absolute Gasteiger partial charge is 0.255 e. The molecule has 0 fully saturated rings. The molecule has 0 aliphatic carbocycles. The van der Waals surface area contributed by atoms with Crippen LogP contribution in [-0.2, 0) is 4.79 Å². The number of hydrogen-bond acceptors (Lipinski definition) is 4. The fraction of sp³-hybridized carbons (Fsp3) is 0.562. The third kappa shape index (κ3) is 6.43. The summed E-state index contributed by atoms with van der Waals surface area (Å²) in [6.07, 6.45) is 4.89. The summed E-state index contributed by atoms with van der Waals surface area (Å²) in [5.41, 5.74) is 1.00. The second kappa shape index (κ2) is 9.41. The summed E-state index contributed by atoms with van der Waals surface area (Å²) in [5, 5.41) is 6.12. The van der Waals surface area contributed by atoms with Crippen molar-refractivity contribution in [3.8, 4) is 0 Å². The Bertz CT molecular complexity index is 518. The number of ketones is 1. The minimum absolute atomic E-state index is 0.0436. The molecule has 5 nitrogen and oxygen atoms in total. The van der Waals surface area contributed by atoms with E-state index in [1.165, 1.54) is 6.20 Å². The lowest BCUT2D eigenvalue weighted by Gasteiger charge is -2.14. The number of amides is 1. The van der Waals surface area contributed by atoms with Crippen molar-refractivity contribution >= 4 is 29.0 Å². The average Bonchev–Trinajstić information content (AvgIpc) is 2.44. The third-order valence-corrected chi connectivity index (χ3v) is 3.27. The van der Waals surface area contributed by atoms with E-state index in [1.807, 2.05) is 13.8 Å². The average molecular weight is 326 g/mol. The van der Waals surface area contributed by atoms with Crippen LogP contribution in [0.4, 0.5) is 5.69 Å². The number of anilines is 1. The van der Waals surface area contributed by atoms with E-state index in [-0.39, 0.29) is 24.3 Å². The number of nitrogens with one attached hydrogen (secondary N) is 2. The molecule has 0 radical (unpaired) electrons. The minimum Gasteiger partial charge on any atom is -0.382 e. The van der Waals surface area contributed by atoms with Crippen molar-refractivity contribution in [1.82, 2.24) is 10.3 Å². The topological polar surface area (TPSA) is 71.1 Å². The van der Waals surface area contributed by atoms with E-state index in [2.05, 4.69) is 22.5 Å². The van der Waals surface area contributed by atoms with E-state index in [4.69, 9.17) is 11.6 Å². The van der Waals surface area contributed by atoms with Crippen LogP contribution in [0.2, 0.25) is 5.15 Å². The molecule has 1 amide bonds. The van der Waals surface area contributed by atoms with Crippen molar-refractivity contribution in [2.45, 2.75) is 52.5 Å². The van der Waals surface area contributed by atoms with Gasteiger partial charge in [-0.3, -0.25) is 9.59 Å². The molecule has 0 spiro atoms. The normalized spacial score (nSPS) is 10.6. The molecule has 6 heteroatoms. The molecule has 0 aromatic carbocycles. The molecule has 0 saturated carbocycles. The molecule has 1 aromatic rings.